The molecule has 0 aliphatic carbocycles. The molecule has 6 rings (SSSR count). The molecule has 34 heavy (non-hydrogen) atoms. The number of rotatable bonds is 4. The number of nitrogens with zero attached hydrogens (tertiary/aromatic N) is 3. The normalized spacial score (nSPS) is 10.7. The van der Waals surface area contributed by atoms with Crippen LogP contribution in [0.2, 0.25) is 0 Å². The minimum atomic E-state index is -0.332. The highest BCUT2D eigenvalue weighted by Gasteiger charge is 2.22. The molecule has 6 aromatic rings. The third-order valence-corrected chi connectivity index (χ3v) is 7.81. The maximum atomic E-state index is 12.4. The predicted molar refractivity (Wildman–Crippen MR) is 142 cm³/mol. The summed E-state index contributed by atoms with van der Waals surface area (Å²) in [6.45, 7) is 2.14. The molecule has 5 aromatic heterocycles. The molecule has 0 N–H and O–H groups in total. The Labute approximate surface area is 208 Å². The number of hydrogen-bond acceptors (Lipinski definition) is 8. The Hall–Kier alpha value is -3.46. The summed E-state index contributed by atoms with van der Waals surface area (Å²) in [6, 6.07) is 19.7. The van der Waals surface area contributed by atoms with E-state index in [0.29, 0.717) is 17.2 Å². The molecule has 0 amide bonds. The molecule has 0 aliphatic rings. The molecule has 0 spiro atoms. The number of thiazole rings is 1. The molecule has 0 aliphatic heterocycles. The van der Waals surface area contributed by atoms with Crippen molar-refractivity contribution in [2.45, 2.75) is 6.92 Å². The largest absolute Gasteiger partial charge is 0.462 e. The quantitative estimate of drug-likeness (QED) is 0.233. The SMILES string of the molecule is CCOC(=O)c1sc(-c2ccnc3ccsc23)nc1-c1ccccc1.c1cnc2ccsc2c1. The van der Waals surface area contributed by atoms with E-state index in [-0.39, 0.29) is 5.97 Å². The van der Waals surface area contributed by atoms with Gasteiger partial charge >= 0.3 is 5.97 Å². The molecule has 8 heteroatoms. The average Bonchev–Trinajstić information content (AvgIpc) is 3.64. The van der Waals surface area contributed by atoms with E-state index in [4.69, 9.17) is 9.72 Å². The minimum absolute atomic E-state index is 0.332. The van der Waals surface area contributed by atoms with Gasteiger partial charge in [-0.25, -0.2) is 9.78 Å². The molecule has 1 aromatic carbocycles. The Morgan fingerprint density at radius 1 is 0.882 bits per heavy atom. The summed E-state index contributed by atoms with van der Waals surface area (Å²) in [5.41, 5.74) is 4.61. The Morgan fingerprint density at radius 2 is 1.68 bits per heavy atom. The topological polar surface area (TPSA) is 65.0 Å². The zero-order chi connectivity index (χ0) is 23.3. The Morgan fingerprint density at radius 3 is 2.50 bits per heavy atom. The van der Waals surface area contributed by atoms with Gasteiger partial charge < -0.3 is 4.74 Å². The van der Waals surface area contributed by atoms with Crippen LogP contribution in [0.1, 0.15) is 16.6 Å². The molecule has 0 saturated carbocycles. The van der Waals surface area contributed by atoms with E-state index in [2.05, 4.69) is 21.4 Å². The first kappa shape index (κ1) is 22.3. The number of pyridine rings is 2. The van der Waals surface area contributed by atoms with Crippen molar-refractivity contribution in [1.82, 2.24) is 15.0 Å². The Balaban J connectivity index is 0.000000222. The van der Waals surface area contributed by atoms with Crippen LogP contribution in [0, 0.1) is 0 Å². The van der Waals surface area contributed by atoms with Gasteiger partial charge in [0, 0.05) is 23.5 Å². The number of carbonyl (C=O) groups excluding carboxylic acids is 1. The maximum absolute atomic E-state index is 12.4. The van der Waals surface area contributed by atoms with Crippen molar-refractivity contribution in [3.8, 4) is 21.8 Å². The zero-order valence-corrected chi connectivity index (χ0v) is 20.6. The van der Waals surface area contributed by atoms with Crippen molar-refractivity contribution in [3.05, 3.63) is 88.7 Å². The summed E-state index contributed by atoms with van der Waals surface area (Å²) < 4.78 is 7.57. The standard InChI is InChI=1S/C19H14N2O2S2.C7H5NS/c1-2-23-19(22)17-15(12-6-4-3-5-7-12)21-18(25-17)13-8-10-20-14-9-11-24-16(13)14;1-2-7-6(8-4-1)3-5-9-7/h3-11H,2H2,1H3;1-5H. The van der Waals surface area contributed by atoms with Crippen molar-refractivity contribution >= 4 is 60.4 Å². The lowest BCUT2D eigenvalue weighted by Gasteiger charge is -2.01. The fourth-order valence-electron chi connectivity index (χ4n) is 3.40. The first-order chi connectivity index (χ1) is 16.7. The lowest BCUT2D eigenvalue weighted by Crippen LogP contribution is -2.03. The third kappa shape index (κ3) is 4.61. The summed E-state index contributed by atoms with van der Waals surface area (Å²) in [4.78, 5) is 26.3. The number of fused-ring (bicyclic) bond motifs is 2. The van der Waals surface area contributed by atoms with Gasteiger partial charge in [0.2, 0.25) is 0 Å². The van der Waals surface area contributed by atoms with Crippen molar-refractivity contribution < 1.29 is 9.53 Å². The van der Waals surface area contributed by atoms with Gasteiger partial charge in [-0.05, 0) is 48.0 Å². The molecule has 0 atom stereocenters. The summed E-state index contributed by atoms with van der Waals surface area (Å²) in [5.74, 6) is -0.332. The molecule has 5 nitrogen and oxygen atoms in total. The number of benzene rings is 1. The van der Waals surface area contributed by atoms with Gasteiger partial charge in [-0.15, -0.1) is 34.0 Å². The fourth-order valence-corrected chi connectivity index (χ4v) is 6.09. The second-order valence-corrected chi connectivity index (χ2v) is 9.95. The second kappa shape index (κ2) is 10.2. The number of thiophene rings is 2. The van der Waals surface area contributed by atoms with Crippen molar-refractivity contribution in [3.63, 3.8) is 0 Å². The van der Waals surface area contributed by atoms with E-state index in [1.165, 1.54) is 16.0 Å². The number of hydrogen-bond donors (Lipinski definition) is 0. The van der Waals surface area contributed by atoms with Crippen LogP contribution in [-0.4, -0.2) is 27.5 Å². The zero-order valence-electron chi connectivity index (χ0n) is 18.2. The van der Waals surface area contributed by atoms with Crippen LogP contribution in [0.15, 0.2) is 83.8 Å². The Bertz CT molecular complexity index is 1520. The molecule has 168 valence electrons. The smallest absolute Gasteiger partial charge is 0.350 e. The van der Waals surface area contributed by atoms with Gasteiger partial charge in [0.25, 0.3) is 0 Å². The lowest BCUT2D eigenvalue weighted by atomic mass is 10.1. The first-order valence-electron chi connectivity index (χ1n) is 10.6. The second-order valence-electron chi connectivity index (χ2n) is 7.08. The molecule has 5 heterocycles. The van der Waals surface area contributed by atoms with Crippen LogP contribution in [0.3, 0.4) is 0 Å². The van der Waals surface area contributed by atoms with E-state index < -0.39 is 0 Å². The van der Waals surface area contributed by atoms with Crippen LogP contribution in [0.25, 0.3) is 42.3 Å². The average molecular weight is 502 g/mol. The number of aromatic nitrogens is 3. The summed E-state index contributed by atoms with van der Waals surface area (Å²) in [6.07, 6.45) is 3.59. The van der Waals surface area contributed by atoms with Crippen LogP contribution in [-0.2, 0) is 4.74 Å². The van der Waals surface area contributed by atoms with Gasteiger partial charge in [-0.2, -0.15) is 0 Å². The molecular weight excluding hydrogens is 483 g/mol. The van der Waals surface area contributed by atoms with Gasteiger partial charge in [-0.1, -0.05) is 30.3 Å². The van der Waals surface area contributed by atoms with Crippen LogP contribution in [0.5, 0.6) is 0 Å². The fraction of sp³-hybridized carbons (Fsp3) is 0.0769. The van der Waals surface area contributed by atoms with E-state index in [0.717, 1.165) is 31.9 Å². The summed E-state index contributed by atoms with van der Waals surface area (Å²) in [5, 5.41) is 4.87. The van der Waals surface area contributed by atoms with Gasteiger partial charge in [0.05, 0.1) is 32.7 Å². The van der Waals surface area contributed by atoms with Crippen LogP contribution >= 0.6 is 34.0 Å². The Kier molecular flexibility index (Phi) is 6.71. The van der Waals surface area contributed by atoms with Gasteiger partial charge in [0.1, 0.15) is 9.88 Å². The molecule has 0 saturated heterocycles. The van der Waals surface area contributed by atoms with Crippen molar-refractivity contribution in [2.75, 3.05) is 6.61 Å². The molecule has 0 unspecified atom stereocenters. The first-order valence-corrected chi connectivity index (χ1v) is 13.2. The number of esters is 1. The monoisotopic (exact) mass is 501 g/mol. The number of ether oxygens (including phenoxy) is 1. The highest BCUT2D eigenvalue weighted by atomic mass is 32.1. The minimum Gasteiger partial charge on any atom is -0.462 e. The van der Waals surface area contributed by atoms with Crippen molar-refractivity contribution in [1.29, 1.82) is 0 Å². The maximum Gasteiger partial charge on any atom is 0.350 e. The lowest BCUT2D eigenvalue weighted by molar-refractivity contribution is 0.0532. The molecule has 0 bridgehead atoms. The highest BCUT2D eigenvalue weighted by molar-refractivity contribution is 7.20. The van der Waals surface area contributed by atoms with Crippen LogP contribution in [0.4, 0.5) is 0 Å². The summed E-state index contributed by atoms with van der Waals surface area (Å²) >= 11 is 4.72. The third-order valence-electron chi connectivity index (χ3n) is 4.93. The van der Waals surface area contributed by atoms with E-state index in [1.807, 2.05) is 66.2 Å². The predicted octanol–water partition coefficient (Wildman–Crippen LogP) is 7.56. The van der Waals surface area contributed by atoms with E-state index in [1.54, 1.807) is 35.8 Å². The summed E-state index contributed by atoms with van der Waals surface area (Å²) in [7, 11) is 0. The highest BCUT2D eigenvalue weighted by Crippen LogP contribution is 2.38. The van der Waals surface area contributed by atoms with Gasteiger partial charge in [-0.3, -0.25) is 9.97 Å². The van der Waals surface area contributed by atoms with Gasteiger partial charge in [0.15, 0.2) is 0 Å². The molecular formula is C26H19N3O2S3. The van der Waals surface area contributed by atoms with E-state index >= 15 is 0 Å². The molecule has 0 radical (unpaired) electrons. The van der Waals surface area contributed by atoms with E-state index in [9.17, 15) is 4.79 Å². The number of carbonyl (C=O) groups is 1. The van der Waals surface area contributed by atoms with Crippen LogP contribution < -0.4 is 0 Å². The van der Waals surface area contributed by atoms with Crippen molar-refractivity contribution in [2.24, 2.45) is 0 Å². The molecule has 0 fully saturated rings.